The second-order valence-electron chi connectivity index (χ2n) is 21.7. The van der Waals surface area contributed by atoms with Crippen molar-refractivity contribution < 1.29 is 71.1 Å². The highest BCUT2D eigenvalue weighted by Gasteiger charge is 2.15. The van der Waals surface area contributed by atoms with E-state index in [0.29, 0.717) is 196 Å². The van der Waals surface area contributed by atoms with Crippen LogP contribution in [-0.4, -0.2) is 159 Å². The summed E-state index contributed by atoms with van der Waals surface area (Å²) in [5.41, 5.74) is 7.81. The Morgan fingerprint density at radius 2 is 0.385 bits per heavy atom. The maximum absolute atomic E-state index is 6.04. The van der Waals surface area contributed by atoms with Crippen LogP contribution in [0.15, 0.2) is 91.0 Å². The fourth-order valence-electron chi connectivity index (χ4n) is 7.30. The van der Waals surface area contributed by atoms with Gasteiger partial charge in [-0.1, -0.05) is 135 Å². The van der Waals surface area contributed by atoms with Crippen LogP contribution in [0.25, 0.3) is 0 Å². The Bertz CT molecular complexity index is 1830. The average molecular weight is 1090 g/mol. The van der Waals surface area contributed by atoms with Crippen LogP contribution in [-0.2, 0) is 92.9 Å². The van der Waals surface area contributed by atoms with Gasteiger partial charge in [-0.15, -0.1) is 0 Å². The van der Waals surface area contributed by atoms with Crippen LogP contribution < -0.4 is 14.2 Å². The van der Waals surface area contributed by atoms with E-state index in [1.54, 1.807) is 0 Å². The van der Waals surface area contributed by atoms with Gasteiger partial charge >= 0.3 is 0 Å². The van der Waals surface area contributed by atoms with Crippen molar-refractivity contribution in [3.8, 4) is 17.2 Å². The average Bonchev–Trinajstić information content (AvgIpc) is 3.40. The van der Waals surface area contributed by atoms with E-state index in [0.717, 1.165) is 16.7 Å². The van der Waals surface area contributed by atoms with Gasteiger partial charge in [0.15, 0.2) is 0 Å². The summed E-state index contributed by atoms with van der Waals surface area (Å²) < 4.78 is 86.6. The highest BCUT2D eigenvalue weighted by atomic mass is 16.6. The number of ether oxygens (including phenoxy) is 15. The van der Waals surface area contributed by atoms with Crippen molar-refractivity contribution in [2.75, 3.05) is 159 Å². The number of hydrogen-bond acceptors (Lipinski definition) is 15. The quantitative estimate of drug-likeness (QED) is 0.0388. The normalized spacial score (nSPS) is 12.1. The van der Waals surface area contributed by atoms with E-state index in [2.05, 4.69) is 135 Å². The lowest BCUT2D eigenvalue weighted by molar-refractivity contribution is -0.00699. The van der Waals surface area contributed by atoms with E-state index in [9.17, 15) is 0 Å². The third-order valence-electron chi connectivity index (χ3n) is 12.0. The van der Waals surface area contributed by atoms with Crippen LogP contribution >= 0.6 is 0 Å². The fourth-order valence-corrected chi connectivity index (χ4v) is 7.30. The first kappa shape index (κ1) is 66.3. The maximum Gasteiger partial charge on any atom is 0.126 e. The van der Waals surface area contributed by atoms with Crippen LogP contribution in [0.4, 0.5) is 0 Å². The van der Waals surface area contributed by atoms with Gasteiger partial charge in [0.2, 0.25) is 0 Å². The Balaban J connectivity index is 1.02. The van der Waals surface area contributed by atoms with Gasteiger partial charge in [-0.25, -0.2) is 0 Å². The summed E-state index contributed by atoms with van der Waals surface area (Å²) in [6.45, 7) is 32.4. The van der Waals surface area contributed by atoms with Crippen molar-refractivity contribution in [2.24, 2.45) is 0 Å². The molecular formula is C63H96O15. The molecule has 4 aromatic rings. The SMILES string of the molecule is CC(C)(C)c1ccc(COCCOCCOCCOCCOc2cc(OCCOCCOCCOCCOCc3ccc(C(C)(C)C)cc3)cc(OCCOCCOCCOCCOCc3ccc(C(C)(C)C)cc3)c2)cc1. The summed E-state index contributed by atoms with van der Waals surface area (Å²) in [5.74, 6) is 1.76. The van der Waals surface area contributed by atoms with Crippen molar-refractivity contribution in [1.29, 1.82) is 0 Å². The summed E-state index contributed by atoms with van der Waals surface area (Å²) in [5, 5.41) is 0. The molecule has 15 heteroatoms. The molecular weight excluding hydrogens is 997 g/mol. The first-order chi connectivity index (χ1) is 37.7. The van der Waals surface area contributed by atoms with Gasteiger partial charge in [0, 0.05) is 18.2 Å². The van der Waals surface area contributed by atoms with Crippen molar-refractivity contribution in [3.05, 3.63) is 124 Å². The highest BCUT2D eigenvalue weighted by Crippen LogP contribution is 2.29. The van der Waals surface area contributed by atoms with Gasteiger partial charge in [-0.2, -0.15) is 0 Å². The van der Waals surface area contributed by atoms with Crippen LogP contribution in [0.1, 0.15) is 95.7 Å². The summed E-state index contributed by atoms with van der Waals surface area (Å²) in [6, 6.07) is 31.2. The lowest BCUT2D eigenvalue weighted by Gasteiger charge is -2.19. The molecule has 0 unspecified atom stereocenters. The van der Waals surface area contributed by atoms with Crippen LogP contribution in [0.2, 0.25) is 0 Å². The standard InChI is InChI=1S/C63H96O15/c1-61(2,3)55-16-10-52(11-17-55)49-73-37-34-67-25-22-64-28-31-70-40-43-76-58-46-59(77-44-41-71-32-29-65-23-26-68-35-38-74-50-53-12-18-56(19-13-53)62(4,5)6)48-60(47-58)78-45-42-72-33-30-66-24-27-69-36-39-75-51-54-14-20-57(21-15-54)63(7,8)9/h10-21,46-48H,22-45,49-51H2,1-9H3. The lowest BCUT2D eigenvalue weighted by atomic mass is 9.87. The third-order valence-corrected chi connectivity index (χ3v) is 12.0. The summed E-state index contributed by atoms with van der Waals surface area (Å²) >= 11 is 0. The van der Waals surface area contributed by atoms with E-state index in [1.807, 2.05) is 18.2 Å². The lowest BCUT2D eigenvalue weighted by Crippen LogP contribution is -2.14. The number of hydrogen-bond donors (Lipinski definition) is 0. The Kier molecular flexibility index (Phi) is 33.4. The molecule has 0 aliphatic heterocycles. The molecule has 15 nitrogen and oxygen atoms in total. The van der Waals surface area contributed by atoms with Gasteiger partial charge in [-0.3, -0.25) is 0 Å². The minimum Gasteiger partial charge on any atom is -0.491 e. The summed E-state index contributed by atoms with van der Waals surface area (Å²) in [7, 11) is 0. The molecule has 4 rings (SSSR count). The monoisotopic (exact) mass is 1090 g/mol. The maximum atomic E-state index is 6.04. The van der Waals surface area contributed by atoms with Gasteiger partial charge in [0.05, 0.1) is 159 Å². The third kappa shape index (κ3) is 31.6. The van der Waals surface area contributed by atoms with E-state index < -0.39 is 0 Å². The second-order valence-corrected chi connectivity index (χ2v) is 21.7. The van der Waals surface area contributed by atoms with Gasteiger partial charge in [0.25, 0.3) is 0 Å². The van der Waals surface area contributed by atoms with E-state index in [1.165, 1.54) is 16.7 Å². The molecule has 0 amide bonds. The molecule has 0 fully saturated rings. The topological polar surface area (TPSA) is 138 Å². The molecule has 0 N–H and O–H groups in total. The van der Waals surface area contributed by atoms with E-state index in [4.69, 9.17) is 71.1 Å². The molecule has 0 aliphatic rings. The zero-order valence-corrected chi connectivity index (χ0v) is 48.9. The largest absolute Gasteiger partial charge is 0.491 e. The Labute approximate surface area is 468 Å². The van der Waals surface area contributed by atoms with E-state index >= 15 is 0 Å². The van der Waals surface area contributed by atoms with Crippen molar-refractivity contribution in [3.63, 3.8) is 0 Å². The number of rotatable bonds is 45. The summed E-state index contributed by atoms with van der Waals surface area (Å²) in [4.78, 5) is 0. The van der Waals surface area contributed by atoms with Gasteiger partial charge in [-0.05, 0) is 49.6 Å². The minimum atomic E-state index is 0.138. The zero-order chi connectivity index (χ0) is 56.0. The molecule has 0 spiro atoms. The van der Waals surface area contributed by atoms with Crippen LogP contribution in [0.5, 0.6) is 17.2 Å². The molecule has 0 bridgehead atoms. The Hall–Kier alpha value is -4.20. The molecule has 0 aliphatic carbocycles. The van der Waals surface area contributed by atoms with Crippen molar-refractivity contribution in [1.82, 2.24) is 0 Å². The molecule has 0 heterocycles. The number of benzene rings is 4. The molecule has 78 heavy (non-hydrogen) atoms. The molecule has 0 saturated heterocycles. The zero-order valence-electron chi connectivity index (χ0n) is 48.9. The molecule has 0 saturated carbocycles. The first-order valence-corrected chi connectivity index (χ1v) is 27.9. The van der Waals surface area contributed by atoms with Crippen molar-refractivity contribution >= 4 is 0 Å². The second kappa shape index (κ2) is 39.2. The smallest absolute Gasteiger partial charge is 0.126 e. The van der Waals surface area contributed by atoms with Gasteiger partial charge < -0.3 is 71.1 Å². The van der Waals surface area contributed by atoms with Crippen molar-refractivity contribution in [2.45, 2.75) is 98.4 Å². The predicted molar refractivity (Wildman–Crippen MR) is 305 cm³/mol. The van der Waals surface area contributed by atoms with Crippen LogP contribution in [0, 0.1) is 0 Å². The molecule has 0 aromatic heterocycles. The molecule has 438 valence electrons. The highest BCUT2D eigenvalue weighted by molar-refractivity contribution is 5.42. The molecule has 0 atom stereocenters. The molecule has 0 radical (unpaired) electrons. The van der Waals surface area contributed by atoms with Gasteiger partial charge in [0.1, 0.15) is 37.1 Å². The first-order valence-electron chi connectivity index (χ1n) is 27.9. The Morgan fingerprint density at radius 1 is 0.218 bits per heavy atom. The minimum absolute atomic E-state index is 0.138. The predicted octanol–water partition coefficient (Wildman–Crippen LogP) is 10.5. The van der Waals surface area contributed by atoms with Crippen LogP contribution in [0.3, 0.4) is 0 Å². The van der Waals surface area contributed by atoms with E-state index in [-0.39, 0.29) is 16.2 Å². The Morgan fingerprint density at radius 3 is 0.564 bits per heavy atom. The summed E-state index contributed by atoms with van der Waals surface area (Å²) in [6.07, 6.45) is 0. The molecule has 4 aromatic carbocycles. The fraction of sp³-hybridized carbons (Fsp3) is 0.619.